The number of aromatic nitrogens is 4. The zero-order valence-electron chi connectivity index (χ0n) is 16.1. The van der Waals surface area contributed by atoms with E-state index in [1.54, 1.807) is 23.0 Å². The van der Waals surface area contributed by atoms with Gasteiger partial charge in [-0.3, -0.25) is 18.7 Å². The molecule has 0 saturated carbocycles. The molecule has 2 aromatic carbocycles. The first kappa shape index (κ1) is 17.6. The maximum atomic E-state index is 13.7. The molecule has 0 bridgehead atoms. The maximum absolute atomic E-state index is 13.7. The Hall–Kier alpha value is -3.50. The van der Waals surface area contributed by atoms with Gasteiger partial charge in [-0.15, -0.1) is 10.2 Å². The van der Waals surface area contributed by atoms with Crippen molar-refractivity contribution in [3.05, 3.63) is 75.8 Å². The summed E-state index contributed by atoms with van der Waals surface area (Å²) in [5, 5.41) is 18.2. The summed E-state index contributed by atoms with van der Waals surface area (Å²) in [6, 6.07) is 15.5. The normalized spacial score (nSPS) is 15.7. The molecule has 2 aromatic heterocycles. The van der Waals surface area contributed by atoms with E-state index < -0.39 is 0 Å². The van der Waals surface area contributed by atoms with E-state index in [0.717, 1.165) is 42.6 Å². The van der Waals surface area contributed by atoms with Crippen molar-refractivity contribution >= 4 is 16.7 Å². The third kappa shape index (κ3) is 2.80. The second kappa shape index (κ2) is 6.83. The highest BCUT2D eigenvalue weighted by Crippen LogP contribution is 2.28. The van der Waals surface area contributed by atoms with E-state index in [2.05, 4.69) is 21.2 Å². The van der Waals surface area contributed by atoms with E-state index in [-0.39, 0.29) is 11.7 Å². The van der Waals surface area contributed by atoms with Crippen LogP contribution in [0.2, 0.25) is 0 Å². The Labute approximate surface area is 167 Å². The predicted molar refractivity (Wildman–Crippen MR) is 110 cm³/mol. The fourth-order valence-electron chi connectivity index (χ4n) is 4.27. The average molecular weight is 384 g/mol. The van der Waals surface area contributed by atoms with Crippen LogP contribution in [-0.4, -0.2) is 37.2 Å². The van der Waals surface area contributed by atoms with E-state index in [0.29, 0.717) is 16.7 Å². The van der Waals surface area contributed by atoms with Crippen molar-refractivity contribution in [1.29, 1.82) is 5.26 Å². The molecule has 1 fully saturated rings. The third-order valence-electron chi connectivity index (χ3n) is 5.68. The first-order valence-electron chi connectivity index (χ1n) is 9.76. The lowest BCUT2D eigenvalue weighted by Crippen LogP contribution is -2.38. The van der Waals surface area contributed by atoms with Gasteiger partial charge in [-0.2, -0.15) is 5.26 Å². The molecule has 7 heteroatoms. The Bertz CT molecular complexity index is 1310. The summed E-state index contributed by atoms with van der Waals surface area (Å²) in [5.74, 6) is 0.521. The minimum atomic E-state index is -0.297. The quantitative estimate of drug-likeness (QED) is 0.543. The van der Waals surface area contributed by atoms with Crippen LogP contribution in [-0.2, 0) is 0 Å². The molecule has 1 atom stereocenters. The van der Waals surface area contributed by atoms with Crippen molar-refractivity contribution in [2.45, 2.75) is 25.9 Å². The number of nitriles is 1. The van der Waals surface area contributed by atoms with Gasteiger partial charge in [0.25, 0.3) is 5.56 Å². The number of hydrogen-bond acceptors (Lipinski definition) is 5. The molecular formula is C22H20N6O. The smallest absolute Gasteiger partial charge is 0.264 e. The van der Waals surface area contributed by atoms with Crippen LogP contribution in [0.4, 0.5) is 0 Å². The van der Waals surface area contributed by atoms with Crippen molar-refractivity contribution in [3.8, 4) is 6.07 Å². The van der Waals surface area contributed by atoms with Gasteiger partial charge in [-0.25, -0.2) is 0 Å². The van der Waals surface area contributed by atoms with Crippen molar-refractivity contribution in [2.75, 3.05) is 13.1 Å². The summed E-state index contributed by atoms with van der Waals surface area (Å²) < 4.78 is 3.63. The fraction of sp³-hybridized carbons (Fsp3) is 0.273. The second-order valence-corrected chi connectivity index (χ2v) is 7.55. The lowest BCUT2D eigenvalue weighted by Gasteiger charge is -2.30. The molecular weight excluding hydrogens is 364 g/mol. The number of benzene rings is 2. The standard InChI is InChI=1S/C22H20N6O/c1-15-4-9-19-18(12-15)21(29)28(22-25-24-14-27(19)22)20(26-10-2-3-11-26)17-7-5-16(13-23)6-8-17/h4-9,12,14,20H,2-3,10-11H2,1H3. The molecule has 0 N–H and O–H groups in total. The van der Waals surface area contributed by atoms with E-state index >= 15 is 0 Å². The summed E-state index contributed by atoms with van der Waals surface area (Å²) in [5.41, 5.74) is 3.32. The van der Waals surface area contributed by atoms with Gasteiger partial charge < -0.3 is 0 Å². The first-order valence-corrected chi connectivity index (χ1v) is 9.76. The summed E-state index contributed by atoms with van der Waals surface area (Å²) in [6.07, 6.45) is 3.55. The van der Waals surface area contributed by atoms with Crippen molar-refractivity contribution in [3.63, 3.8) is 0 Å². The summed E-state index contributed by atoms with van der Waals surface area (Å²) >= 11 is 0. The lowest BCUT2D eigenvalue weighted by molar-refractivity contribution is 0.213. The molecule has 4 aromatic rings. The zero-order valence-corrected chi connectivity index (χ0v) is 16.1. The van der Waals surface area contributed by atoms with Crippen LogP contribution in [0.1, 0.15) is 35.7 Å². The highest BCUT2D eigenvalue weighted by atomic mass is 16.1. The number of aryl methyl sites for hydroxylation is 1. The second-order valence-electron chi connectivity index (χ2n) is 7.55. The molecule has 1 unspecified atom stereocenters. The van der Waals surface area contributed by atoms with E-state index in [1.807, 2.05) is 41.7 Å². The van der Waals surface area contributed by atoms with Gasteiger partial charge in [0.2, 0.25) is 5.78 Å². The number of hydrogen-bond donors (Lipinski definition) is 0. The van der Waals surface area contributed by atoms with Gasteiger partial charge in [0.15, 0.2) is 0 Å². The summed E-state index contributed by atoms with van der Waals surface area (Å²) in [4.78, 5) is 16.0. The van der Waals surface area contributed by atoms with Crippen LogP contribution < -0.4 is 5.56 Å². The van der Waals surface area contributed by atoms with Crippen LogP contribution in [0.3, 0.4) is 0 Å². The average Bonchev–Trinajstić information content (AvgIpc) is 3.43. The molecule has 0 radical (unpaired) electrons. The molecule has 0 aliphatic carbocycles. The van der Waals surface area contributed by atoms with Crippen molar-refractivity contribution in [2.24, 2.45) is 0 Å². The Balaban J connectivity index is 1.83. The Morgan fingerprint density at radius 3 is 2.59 bits per heavy atom. The molecule has 1 aliphatic rings. The fourth-order valence-corrected chi connectivity index (χ4v) is 4.27. The van der Waals surface area contributed by atoms with Crippen LogP contribution in [0, 0.1) is 18.3 Å². The molecule has 0 amide bonds. The van der Waals surface area contributed by atoms with Gasteiger partial charge >= 0.3 is 0 Å². The van der Waals surface area contributed by atoms with Crippen molar-refractivity contribution < 1.29 is 0 Å². The molecule has 29 heavy (non-hydrogen) atoms. The molecule has 144 valence electrons. The van der Waals surface area contributed by atoms with Gasteiger partial charge in [-0.1, -0.05) is 23.8 Å². The number of fused-ring (bicyclic) bond motifs is 3. The maximum Gasteiger partial charge on any atom is 0.264 e. The summed E-state index contributed by atoms with van der Waals surface area (Å²) in [6.45, 7) is 3.80. The lowest BCUT2D eigenvalue weighted by atomic mass is 10.1. The van der Waals surface area contributed by atoms with Gasteiger partial charge in [0.05, 0.1) is 22.5 Å². The summed E-state index contributed by atoms with van der Waals surface area (Å²) in [7, 11) is 0. The molecule has 3 heterocycles. The number of nitrogens with zero attached hydrogens (tertiary/aromatic N) is 6. The van der Waals surface area contributed by atoms with Crippen LogP contribution in [0.15, 0.2) is 53.6 Å². The van der Waals surface area contributed by atoms with E-state index in [1.165, 1.54) is 0 Å². The van der Waals surface area contributed by atoms with E-state index in [9.17, 15) is 4.79 Å². The minimum Gasteiger partial charge on any atom is -0.279 e. The Morgan fingerprint density at radius 2 is 1.86 bits per heavy atom. The van der Waals surface area contributed by atoms with Crippen LogP contribution in [0.25, 0.3) is 16.7 Å². The van der Waals surface area contributed by atoms with Gasteiger partial charge in [0, 0.05) is 13.1 Å². The monoisotopic (exact) mass is 384 g/mol. The number of rotatable bonds is 3. The van der Waals surface area contributed by atoms with Crippen molar-refractivity contribution in [1.82, 2.24) is 24.1 Å². The number of likely N-dealkylation sites (tertiary alicyclic amines) is 1. The molecule has 1 aliphatic heterocycles. The minimum absolute atomic E-state index is 0.0783. The van der Waals surface area contributed by atoms with Crippen LogP contribution >= 0.6 is 0 Å². The SMILES string of the molecule is Cc1ccc2c(c1)c(=O)n(C(c1ccc(C#N)cc1)N1CCCC1)c1nncn21. The Morgan fingerprint density at radius 1 is 1.10 bits per heavy atom. The molecule has 1 saturated heterocycles. The topological polar surface area (TPSA) is 79.2 Å². The van der Waals surface area contributed by atoms with Crippen LogP contribution in [0.5, 0.6) is 0 Å². The molecule has 0 spiro atoms. The molecule has 5 rings (SSSR count). The van der Waals surface area contributed by atoms with Gasteiger partial charge in [0.1, 0.15) is 12.5 Å². The first-order chi connectivity index (χ1) is 14.2. The predicted octanol–water partition coefficient (Wildman–Crippen LogP) is 2.87. The highest BCUT2D eigenvalue weighted by molar-refractivity contribution is 5.81. The largest absolute Gasteiger partial charge is 0.279 e. The van der Waals surface area contributed by atoms with E-state index in [4.69, 9.17) is 5.26 Å². The Kier molecular flexibility index (Phi) is 4.14. The zero-order chi connectivity index (χ0) is 20.0. The highest BCUT2D eigenvalue weighted by Gasteiger charge is 2.29. The molecule has 7 nitrogen and oxygen atoms in total. The third-order valence-corrected chi connectivity index (χ3v) is 5.68. The van der Waals surface area contributed by atoms with Gasteiger partial charge in [-0.05, 0) is 49.6 Å².